The van der Waals surface area contributed by atoms with Crippen molar-refractivity contribution < 1.29 is 9.90 Å². The first-order chi connectivity index (χ1) is 9.88. The van der Waals surface area contributed by atoms with Crippen LogP contribution in [0.1, 0.15) is 32.6 Å². The second-order valence-corrected chi connectivity index (χ2v) is 6.52. The summed E-state index contributed by atoms with van der Waals surface area (Å²) in [5.74, 6) is -0.633. The van der Waals surface area contributed by atoms with E-state index in [0.717, 1.165) is 10.4 Å². The van der Waals surface area contributed by atoms with Gasteiger partial charge in [0.2, 0.25) is 0 Å². The molecule has 0 saturated heterocycles. The monoisotopic (exact) mass is 322 g/mol. The van der Waals surface area contributed by atoms with E-state index in [1.54, 1.807) is 11.3 Å². The summed E-state index contributed by atoms with van der Waals surface area (Å²) in [6.07, 6.45) is 0. The molecule has 0 atom stereocenters. The molecular formula is C15H15ClN2O2S. The van der Waals surface area contributed by atoms with Crippen LogP contribution in [0.4, 0.5) is 0 Å². The molecule has 110 valence electrons. The first-order valence-corrected chi connectivity index (χ1v) is 7.48. The van der Waals surface area contributed by atoms with Crippen LogP contribution in [0.3, 0.4) is 0 Å². The van der Waals surface area contributed by atoms with Crippen molar-refractivity contribution in [1.82, 2.24) is 5.43 Å². The number of carbonyl (C=O) groups excluding carboxylic acids is 1. The molecule has 0 aliphatic carbocycles. The van der Waals surface area contributed by atoms with E-state index in [-0.39, 0.29) is 11.3 Å². The lowest BCUT2D eigenvalue weighted by molar-refractivity contribution is 0.0952. The van der Waals surface area contributed by atoms with E-state index in [1.807, 2.05) is 26.8 Å². The number of phenolic OH excluding ortho intramolecular Hbond substituents is 1. The number of halogens is 1. The average molecular weight is 323 g/mol. The number of hydrogen-bond acceptors (Lipinski definition) is 4. The van der Waals surface area contributed by atoms with Crippen molar-refractivity contribution in [3.8, 4) is 5.75 Å². The number of aromatic hydroxyl groups is 1. The highest BCUT2D eigenvalue weighted by molar-refractivity contribution is 7.12. The number of phenols is 1. The maximum atomic E-state index is 12.0. The lowest BCUT2D eigenvalue weighted by Crippen LogP contribution is -2.19. The van der Waals surface area contributed by atoms with Gasteiger partial charge >= 0.3 is 0 Å². The second kappa shape index (κ2) is 6.28. The van der Waals surface area contributed by atoms with E-state index >= 15 is 0 Å². The van der Waals surface area contributed by atoms with Gasteiger partial charge in [0.25, 0.3) is 5.91 Å². The molecule has 1 amide bonds. The van der Waals surface area contributed by atoms with E-state index in [4.69, 9.17) is 11.6 Å². The van der Waals surface area contributed by atoms with Crippen molar-refractivity contribution in [3.63, 3.8) is 0 Å². The van der Waals surface area contributed by atoms with Crippen molar-refractivity contribution in [3.05, 3.63) is 50.2 Å². The molecule has 0 spiro atoms. The topological polar surface area (TPSA) is 61.7 Å². The minimum absolute atomic E-state index is 0.0947. The van der Waals surface area contributed by atoms with Gasteiger partial charge in [-0.25, -0.2) is 5.43 Å². The third kappa shape index (κ3) is 3.62. The Balaban J connectivity index is 2.18. The maximum Gasteiger partial charge on any atom is 0.275 e. The molecule has 4 nitrogen and oxygen atoms in total. The van der Waals surface area contributed by atoms with E-state index in [1.165, 1.54) is 23.1 Å². The quantitative estimate of drug-likeness (QED) is 0.665. The molecule has 0 bridgehead atoms. The summed E-state index contributed by atoms with van der Waals surface area (Å²) in [6, 6.07) is 6.32. The predicted octanol–water partition coefficient (Wildman–Crippen LogP) is 3.88. The molecule has 2 rings (SSSR count). The van der Waals surface area contributed by atoms with Crippen molar-refractivity contribution in [1.29, 1.82) is 0 Å². The van der Waals surface area contributed by atoms with Crippen molar-refractivity contribution in [2.45, 2.75) is 20.8 Å². The summed E-state index contributed by atoms with van der Waals surface area (Å²) in [7, 11) is 0. The number of hydrazone groups is 1. The third-order valence-corrected chi connectivity index (χ3v) is 4.16. The lowest BCUT2D eigenvalue weighted by Gasteiger charge is -2.05. The minimum atomic E-state index is -0.501. The standard InChI is InChI=1S/C15H15ClN2O2S/c1-8-6-12(10(3)21-8)9(2)17-18-15(20)13-7-11(16)4-5-14(13)19/h4-7,19H,1-3H3,(H,18,20)/b17-9-. The summed E-state index contributed by atoms with van der Waals surface area (Å²) in [4.78, 5) is 14.3. The highest BCUT2D eigenvalue weighted by Gasteiger charge is 2.12. The van der Waals surface area contributed by atoms with Crippen LogP contribution in [0, 0.1) is 13.8 Å². The molecule has 0 radical (unpaired) electrons. The Hall–Kier alpha value is -1.85. The fraction of sp³-hybridized carbons (Fsp3) is 0.200. The Bertz CT molecular complexity index is 722. The molecule has 21 heavy (non-hydrogen) atoms. The fourth-order valence-electron chi connectivity index (χ4n) is 1.94. The van der Waals surface area contributed by atoms with Gasteiger partial charge in [0.05, 0.1) is 11.3 Å². The Morgan fingerprint density at radius 2 is 2.00 bits per heavy atom. The number of thiophene rings is 1. The van der Waals surface area contributed by atoms with Crippen LogP contribution in [0.15, 0.2) is 29.4 Å². The molecule has 2 N–H and O–H groups in total. The summed E-state index contributed by atoms with van der Waals surface area (Å²) < 4.78 is 0. The smallest absolute Gasteiger partial charge is 0.275 e. The number of hydrogen-bond donors (Lipinski definition) is 2. The Morgan fingerprint density at radius 1 is 1.29 bits per heavy atom. The van der Waals surface area contributed by atoms with Gasteiger partial charge in [-0.05, 0) is 45.0 Å². The molecule has 1 heterocycles. The fourth-order valence-corrected chi connectivity index (χ4v) is 3.08. The predicted molar refractivity (Wildman–Crippen MR) is 86.6 cm³/mol. The van der Waals surface area contributed by atoms with Gasteiger partial charge in [-0.3, -0.25) is 4.79 Å². The second-order valence-electron chi connectivity index (χ2n) is 4.63. The molecule has 0 aliphatic heterocycles. The number of aryl methyl sites for hydroxylation is 2. The van der Waals surface area contributed by atoms with E-state index in [2.05, 4.69) is 10.5 Å². The van der Waals surface area contributed by atoms with Gasteiger partial charge in [0.1, 0.15) is 5.75 Å². The van der Waals surface area contributed by atoms with Gasteiger partial charge in [-0.1, -0.05) is 11.6 Å². The van der Waals surface area contributed by atoms with Gasteiger partial charge in [-0.15, -0.1) is 11.3 Å². The van der Waals surface area contributed by atoms with Crippen LogP contribution in [0.5, 0.6) is 5.75 Å². The molecule has 1 aromatic heterocycles. The van der Waals surface area contributed by atoms with Crippen LogP contribution in [-0.4, -0.2) is 16.7 Å². The number of carbonyl (C=O) groups is 1. The molecule has 0 aliphatic rings. The number of rotatable bonds is 3. The first kappa shape index (κ1) is 15.5. The molecule has 6 heteroatoms. The maximum absolute atomic E-state index is 12.0. The number of nitrogens with one attached hydrogen (secondary N) is 1. The van der Waals surface area contributed by atoms with E-state index in [0.29, 0.717) is 10.7 Å². The van der Waals surface area contributed by atoms with Crippen molar-refractivity contribution >= 4 is 34.6 Å². The van der Waals surface area contributed by atoms with Crippen LogP contribution < -0.4 is 5.43 Å². The molecule has 0 unspecified atom stereocenters. The van der Waals surface area contributed by atoms with Crippen LogP contribution in [0.2, 0.25) is 5.02 Å². The van der Waals surface area contributed by atoms with Crippen molar-refractivity contribution in [2.24, 2.45) is 5.10 Å². The molecule has 0 saturated carbocycles. The first-order valence-electron chi connectivity index (χ1n) is 6.29. The molecular weight excluding hydrogens is 308 g/mol. The number of benzene rings is 1. The van der Waals surface area contributed by atoms with Gasteiger partial charge < -0.3 is 5.11 Å². The zero-order valence-corrected chi connectivity index (χ0v) is 13.5. The van der Waals surface area contributed by atoms with Crippen LogP contribution in [0.25, 0.3) is 0 Å². The molecule has 0 fully saturated rings. The Labute approximate surface area is 132 Å². The van der Waals surface area contributed by atoms with E-state index in [9.17, 15) is 9.90 Å². The average Bonchev–Trinajstić information content (AvgIpc) is 2.77. The largest absolute Gasteiger partial charge is 0.507 e. The summed E-state index contributed by atoms with van der Waals surface area (Å²) in [6.45, 7) is 5.86. The van der Waals surface area contributed by atoms with Gasteiger partial charge in [0, 0.05) is 20.3 Å². The van der Waals surface area contributed by atoms with E-state index < -0.39 is 5.91 Å². The Morgan fingerprint density at radius 3 is 2.62 bits per heavy atom. The lowest BCUT2D eigenvalue weighted by atomic mass is 10.2. The van der Waals surface area contributed by atoms with Crippen LogP contribution >= 0.6 is 22.9 Å². The number of amides is 1. The molecule has 2 aromatic rings. The summed E-state index contributed by atoms with van der Waals surface area (Å²) >= 11 is 7.50. The van der Waals surface area contributed by atoms with Crippen LogP contribution in [-0.2, 0) is 0 Å². The normalized spacial score (nSPS) is 11.5. The highest BCUT2D eigenvalue weighted by atomic mass is 35.5. The third-order valence-electron chi connectivity index (χ3n) is 2.96. The summed E-state index contributed by atoms with van der Waals surface area (Å²) in [5.41, 5.74) is 4.25. The summed E-state index contributed by atoms with van der Waals surface area (Å²) in [5, 5.41) is 14.1. The van der Waals surface area contributed by atoms with Gasteiger partial charge in [0.15, 0.2) is 0 Å². The Kier molecular flexibility index (Phi) is 4.65. The highest BCUT2D eigenvalue weighted by Crippen LogP contribution is 2.22. The zero-order chi connectivity index (χ0) is 15.6. The van der Waals surface area contributed by atoms with Gasteiger partial charge in [-0.2, -0.15) is 5.10 Å². The SMILES string of the molecule is C/C(=N/NC(=O)c1cc(Cl)ccc1O)c1cc(C)sc1C. The zero-order valence-electron chi connectivity index (χ0n) is 11.9. The molecule has 1 aromatic carbocycles. The number of nitrogens with zero attached hydrogens (tertiary/aromatic N) is 1. The minimum Gasteiger partial charge on any atom is -0.507 e. The van der Waals surface area contributed by atoms with Crippen molar-refractivity contribution in [2.75, 3.05) is 0 Å².